The monoisotopic (exact) mass is 330 g/mol. The van der Waals surface area contributed by atoms with Gasteiger partial charge in [-0.3, -0.25) is 4.98 Å². The van der Waals surface area contributed by atoms with Crippen LogP contribution in [-0.2, 0) is 0 Å². The quantitative estimate of drug-likeness (QED) is 0.801. The summed E-state index contributed by atoms with van der Waals surface area (Å²) in [5.41, 5.74) is 1.97. The third kappa shape index (κ3) is 2.48. The van der Waals surface area contributed by atoms with Crippen LogP contribution in [0.2, 0.25) is 0 Å². The summed E-state index contributed by atoms with van der Waals surface area (Å²) in [6.07, 6.45) is 2.31. The fraction of sp³-hybridized carbons (Fsp3) is 0.0714. The SMILES string of the molecule is OC(c1ccc(Br)cn1)c1cnnn1-c1ccccc1. The molecule has 3 rings (SSSR count). The Hall–Kier alpha value is -2.05. The fourth-order valence-corrected chi connectivity index (χ4v) is 2.13. The average molecular weight is 331 g/mol. The molecule has 0 fully saturated rings. The van der Waals surface area contributed by atoms with Crippen molar-refractivity contribution in [1.29, 1.82) is 0 Å². The van der Waals surface area contributed by atoms with E-state index in [9.17, 15) is 5.11 Å². The topological polar surface area (TPSA) is 63.8 Å². The molecule has 2 heterocycles. The lowest BCUT2D eigenvalue weighted by Crippen LogP contribution is -2.09. The van der Waals surface area contributed by atoms with E-state index in [2.05, 4.69) is 31.2 Å². The summed E-state index contributed by atoms with van der Waals surface area (Å²) in [7, 11) is 0. The molecule has 0 spiro atoms. The molecule has 0 saturated heterocycles. The van der Waals surface area contributed by atoms with Crippen molar-refractivity contribution < 1.29 is 5.11 Å². The molecule has 0 aliphatic rings. The smallest absolute Gasteiger partial charge is 0.140 e. The minimum absolute atomic E-state index is 0.549. The fourth-order valence-electron chi connectivity index (χ4n) is 1.90. The van der Waals surface area contributed by atoms with E-state index in [1.165, 1.54) is 0 Å². The van der Waals surface area contributed by atoms with E-state index in [0.717, 1.165) is 10.2 Å². The van der Waals surface area contributed by atoms with Gasteiger partial charge in [-0.05, 0) is 40.2 Å². The van der Waals surface area contributed by atoms with Crippen LogP contribution >= 0.6 is 15.9 Å². The van der Waals surface area contributed by atoms with Crippen LogP contribution in [0.5, 0.6) is 0 Å². The first kappa shape index (κ1) is 13.0. The standard InChI is InChI=1S/C14H11BrN4O/c15-10-6-7-12(16-8-10)14(20)13-9-17-18-19(13)11-4-2-1-3-5-11/h1-9,14,20H. The Morgan fingerprint density at radius 1 is 1.05 bits per heavy atom. The highest BCUT2D eigenvalue weighted by Gasteiger charge is 2.18. The van der Waals surface area contributed by atoms with Crippen molar-refractivity contribution in [1.82, 2.24) is 20.0 Å². The molecule has 20 heavy (non-hydrogen) atoms. The van der Waals surface area contributed by atoms with Gasteiger partial charge >= 0.3 is 0 Å². The number of aliphatic hydroxyl groups is 1. The number of aromatic nitrogens is 4. The molecule has 1 N–H and O–H groups in total. The first-order chi connectivity index (χ1) is 9.75. The van der Waals surface area contributed by atoms with Crippen LogP contribution < -0.4 is 0 Å². The molecule has 5 nitrogen and oxygen atoms in total. The number of hydrogen-bond acceptors (Lipinski definition) is 4. The van der Waals surface area contributed by atoms with Crippen LogP contribution in [-0.4, -0.2) is 25.1 Å². The lowest BCUT2D eigenvalue weighted by atomic mass is 10.1. The Balaban J connectivity index is 1.99. The summed E-state index contributed by atoms with van der Waals surface area (Å²) >= 11 is 3.32. The van der Waals surface area contributed by atoms with Crippen LogP contribution in [0.3, 0.4) is 0 Å². The largest absolute Gasteiger partial charge is 0.380 e. The zero-order valence-electron chi connectivity index (χ0n) is 10.4. The van der Waals surface area contributed by atoms with Crippen molar-refractivity contribution in [2.45, 2.75) is 6.10 Å². The van der Waals surface area contributed by atoms with E-state index in [4.69, 9.17) is 0 Å². The van der Waals surface area contributed by atoms with Crippen LogP contribution in [0.1, 0.15) is 17.5 Å². The van der Waals surface area contributed by atoms with Crippen LogP contribution in [0, 0.1) is 0 Å². The first-order valence-corrected chi connectivity index (χ1v) is 6.80. The lowest BCUT2D eigenvalue weighted by molar-refractivity contribution is 0.207. The zero-order valence-corrected chi connectivity index (χ0v) is 12.0. The number of rotatable bonds is 3. The van der Waals surface area contributed by atoms with Crippen LogP contribution in [0.25, 0.3) is 5.69 Å². The van der Waals surface area contributed by atoms with E-state index >= 15 is 0 Å². The molecule has 0 aliphatic heterocycles. The molecule has 1 atom stereocenters. The molecule has 3 aromatic rings. The first-order valence-electron chi connectivity index (χ1n) is 6.01. The van der Waals surface area contributed by atoms with Gasteiger partial charge in [0.15, 0.2) is 0 Å². The van der Waals surface area contributed by atoms with E-state index in [1.54, 1.807) is 23.1 Å². The highest BCUT2D eigenvalue weighted by Crippen LogP contribution is 2.22. The van der Waals surface area contributed by atoms with Gasteiger partial charge in [-0.15, -0.1) is 5.10 Å². The average Bonchev–Trinajstić information content (AvgIpc) is 2.97. The number of pyridine rings is 1. The summed E-state index contributed by atoms with van der Waals surface area (Å²) in [4.78, 5) is 4.20. The predicted octanol–water partition coefficient (Wildman–Crippen LogP) is 2.51. The summed E-state index contributed by atoms with van der Waals surface area (Å²) in [6.45, 7) is 0. The van der Waals surface area contributed by atoms with E-state index < -0.39 is 6.10 Å². The van der Waals surface area contributed by atoms with Gasteiger partial charge in [0.2, 0.25) is 0 Å². The van der Waals surface area contributed by atoms with Gasteiger partial charge in [-0.25, -0.2) is 4.68 Å². The molecule has 0 bridgehead atoms. The van der Waals surface area contributed by atoms with Gasteiger partial charge in [-0.2, -0.15) is 0 Å². The molecule has 0 amide bonds. The van der Waals surface area contributed by atoms with Gasteiger partial charge in [0.05, 0.1) is 23.3 Å². The third-order valence-corrected chi connectivity index (χ3v) is 3.36. The van der Waals surface area contributed by atoms with Crippen molar-refractivity contribution in [3.63, 3.8) is 0 Å². The van der Waals surface area contributed by atoms with Crippen molar-refractivity contribution in [2.24, 2.45) is 0 Å². The van der Waals surface area contributed by atoms with Crippen molar-refractivity contribution in [3.05, 3.63) is 70.7 Å². The number of hydrogen-bond donors (Lipinski definition) is 1. The van der Waals surface area contributed by atoms with Crippen molar-refractivity contribution in [2.75, 3.05) is 0 Å². The van der Waals surface area contributed by atoms with Crippen LogP contribution in [0.15, 0.2) is 59.3 Å². The van der Waals surface area contributed by atoms with Gasteiger partial charge < -0.3 is 5.11 Å². The van der Waals surface area contributed by atoms with Crippen LogP contribution in [0.4, 0.5) is 0 Å². The highest BCUT2D eigenvalue weighted by atomic mass is 79.9. The molecular formula is C14H11BrN4O. The molecule has 0 radical (unpaired) electrons. The molecular weight excluding hydrogens is 320 g/mol. The number of halogens is 1. The van der Waals surface area contributed by atoms with Gasteiger partial charge in [-0.1, -0.05) is 23.4 Å². The number of para-hydroxylation sites is 1. The van der Waals surface area contributed by atoms with Gasteiger partial charge in [0.1, 0.15) is 6.10 Å². The van der Waals surface area contributed by atoms with E-state index in [1.807, 2.05) is 36.4 Å². The lowest BCUT2D eigenvalue weighted by Gasteiger charge is -2.11. The molecule has 0 saturated carbocycles. The second-order valence-electron chi connectivity index (χ2n) is 4.21. The van der Waals surface area contributed by atoms with Crippen molar-refractivity contribution in [3.8, 4) is 5.69 Å². The zero-order chi connectivity index (χ0) is 13.9. The Bertz CT molecular complexity index is 697. The predicted molar refractivity (Wildman–Crippen MR) is 77.4 cm³/mol. The molecule has 6 heteroatoms. The van der Waals surface area contributed by atoms with E-state index in [-0.39, 0.29) is 0 Å². The summed E-state index contributed by atoms with van der Waals surface area (Å²) in [6, 6.07) is 13.1. The van der Waals surface area contributed by atoms with Gasteiger partial charge in [0, 0.05) is 10.7 Å². The maximum Gasteiger partial charge on any atom is 0.140 e. The summed E-state index contributed by atoms with van der Waals surface area (Å²) in [5, 5.41) is 18.3. The molecule has 1 unspecified atom stereocenters. The highest BCUT2D eigenvalue weighted by molar-refractivity contribution is 9.10. The molecule has 100 valence electrons. The number of benzene rings is 1. The molecule has 1 aromatic carbocycles. The Morgan fingerprint density at radius 2 is 1.85 bits per heavy atom. The second kappa shape index (κ2) is 5.52. The minimum Gasteiger partial charge on any atom is -0.380 e. The normalized spacial score (nSPS) is 12.3. The third-order valence-electron chi connectivity index (χ3n) is 2.89. The van der Waals surface area contributed by atoms with Crippen molar-refractivity contribution >= 4 is 15.9 Å². The van der Waals surface area contributed by atoms with E-state index in [0.29, 0.717) is 11.4 Å². The molecule has 2 aromatic heterocycles. The van der Waals surface area contributed by atoms with Gasteiger partial charge in [0.25, 0.3) is 0 Å². The second-order valence-corrected chi connectivity index (χ2v) is 5.13. The number of nitrogens with zero attached hydrogens (tertiary/aromatic N) is 4. The maximum absolute atomic E-state index is 10.4. The Morgan fingerprint density at radius 3 is 2.55 bits per heavy atom. The summed E-state index contributed by atoms with van der Waals surface area (Å²) in [5.74, 6) is 0. The molecule has 0 aliphatic carbocycles. The minimum atomic E-state index is -0.877. The number of aliphatic hydroxyl groups excluding tert-OH is 1. The summed E-state index contributed by atoms with van der Waals surface area (Å²) < 4.78 is 2.47. The Labute approximate surface area is 124 Å². The maximum atomic E-state index is 10.4. The Kier molecular flexibility index (Phi) is 3.58.